The zero-order valence-electron chi connectivity index (χ0n) is 18.4. The zero-order valence-corrected chi connectivity index (χ0v) is 19.3. The van der Waals surface area contributed by atoms with E-state index in [0.29, 0.717) is 11.1 Å². The van der Waals surface area contributed by atoms with Crippen LogP contribution in [0.2, 0.25) is 0 Å². The van der Waals surface area contributed by atoms with Crippen molar-refractivity contribution in [2.45, 2.75) is 31.8 Å². The molecule has 3 aromatic carbocycles. The quantitative estimate of drug-likeness (QED) is 0.352. The molecule has 162 valence electrons. The van der Waals surface area contributed by atoms with Crippen molar-refractivity contribution in [1.82, 2.24) is 14.8 Å². The van der Waals surface area contributed by atoms with Crippen LogP contribution in [0.25, 0.3) is 17.1 Å². The lowest BCUT2D eigenvalue weighted by Crippen LogP contribution is -2.14. The Morgan fingerprint density at radius 3 is 2.28 bits per heavy atom. The molecule has 0 aliphatic heterocycles. The topological polar surface area (TPSA) is 59.8 Å². The second-order valence-electron chi connectivity index (χ2n) is 7.96. The summed E-state index contributed by atoms with van der Waals surface area (Å²) in [6, 6.07) is 26.2. The van der Waals surface area contributed by atoms with Gasteiger partial charge in [-0.25, -0.2) is 0 Å². The molecule has 0 bridgehead atoms. The zero-order chi connectivity index (χ0) is 22.5. The van der Waals surface area contributed by atoms with E-state index in [1.165, 1.54) is 22.9 Å². The van der Waals surface area contributed by atoms with Gasteiger partial charge in [-0.15, -0.1) is 10.2 Å². The highest BCUT2D eigenvalue weighted by Crippen LogP contribution is 2.28. The monoisotopic (exact) mass is 442 g/mol. The third-order valence-electron chi connectivity index (χ3n) is 5.15. The standard InChI is InChI=1S/C26H26N4OS/c1-18(2)20-13-15-22(16-14-20)27-24(31)17-32-26-29-28-25(21-11-9-19(3)10-12-21)30(26)23-7-5-4-6-8-23/h4-16,18H,17H2,1-3H3,(H,27,31). The first-order chi connectivity index (χ1) is 15.5. The highest BCUT2D eigenvalue weighted by molar-refractivity contribution is 7.99. The van der Waals surface area contributed by atoms with E-state index in [-0.39, 0.29) is 11.7 Å². The van der Waals surface area contributed by atoms with Crippen molar-refractivity contribution in [2.24, 2.45) is 0 Å². The third kappa shape index (κ3) is 5.08. The minimum Gasteiger partial charge on any atom is -0.325 e. The summed E-state index contributed by atoms with van der Waals surface area (Å²) in [7, 11) is 0. The number of nitrogens with zero attached hydrogens (tertiary/aromatic N) is 3. The Balaban J connectivity index is 1.53. The summed E-state index contributed by atoms with van der Waals surface area (Å²) in [5.41, 5.74) is 5.17. The van der Waals surface area contributed by atoms with Crippen LogP contribution in [0.4, 0.5) is 5.69 Å². The van der Waals surface area contributed by atoms with Crippen molar-refractivity contribution in [3.63, 3.8) is 0 Å². The summed E-state index contributed by atoms with van der Waals surface area (Å²) >= 11 is 1.37. The van der Waals surface area contributed by atoms with Gasteiger partial charge in [0.25, 0.3) is 0 Å². The summed E-state index contributed by atoms with van der Waals surface area (Å²) in [5, 5.41) is 12.5. The Morgan fingerprint density at radius 2 is 1.62 bits per heavy atom. The molecule has 5 nitrogen and oxygen atoms in total. The molecule has 0 aliphatic carbocycles. The third-order valence-corrected chi connectivity index (χ3v) is 6.08. The lowest BCUT2D eigenvalue weighted by atomic mass is 10.0. The van der Waals surface area contributed by atoms with Gasteiger partial charge in [0.15, 0.2) is 11.0 Å². The average molecular weight is 443 g/mol. The second-order valence-corrected chi connectivity index (χ2v) is 8.90. The number of aryl methyl sites for hydroxylation is 1. The first-order valence-electron chi connectivity index (χ1n) is 10.6. The van der Waals surface area contributed by atoms with Crippen LogP contribution in [0.3, 0.4) is 0 Å². The number of amides is 1. The van der Waals surface area contributed by atoms with Gasteiger partial charge >= 0.3 is 0 Å². The fourth-order valence-electron chi connectivity index (χ4n) is 3.34. The highest BCUT2D eigenvalue weighted by atomic mass is 32.2. The fraction of sp³-hybridized carbons (Fsp3) is 0.192. The molecule has 4 rings (SSSR count). The molecule has 4 aromatic rings. The summed E-state index contributed by atoms with van der Waals surface area (Å²) < 4.78 is 2.00. The SMILES string of the molecule is Cc1ccc(-c2nnc(SCC(=O)Nc3ccc(C(C)C)cc3)n2-c2ccccc2)cc1. The number of carbonyl (C=O) groups is 1. The van der Waals surface area contributed by atoms with Crippen molar-refractivity contribution < 1.29 is 4.79 Å². The first-order valence-corrected chi connectivity index (χ1v) is 11.6. The maximum Gasteiger partial charge on any atom is 0.234 e. The number of aromatic nitrogens is 3. The van der Waals surface area contributed by atoms with Gasteiger partial charge in [0, 0.05) is 16.9 Å². The van der Waals surface area contributed by atoms with Gasteiger partial charge in [-0.1, -0.05) is 85.8 Å². The molecule has 1 heterocycles. The Kier molecular flexibility index (Phi) is 6.71. The molecule has 1 amide bonds. The lowest BCUT2D eigenvalue weighted by molar-refractivity contribution is -0.113. The van der Waals surface area contributed by atoms with Crippen LogP contribution in [0.15, 0.2) is 84.0 Å². The van der Waals surface area contributed by atoms with Gasteiger partial charge < -0.3 is 5.32 Å². The van der Waals surface area contributed by atoms with E-state index in [0.717, 1.165) is 22.8 Å². The Morgan fingerprint density at radius 1 is 0.938 bits per heavy atom. The summed E-state index contributed by atoms with van der Waals surface area (Å²) in [6.45, 7) is 6.36. The fourth-order valence-corrected chi connectivity index (χ4v) is 4.09. The van der Waals surface area contributed by atoms with Gasteiger partial charge in [-0.2, -0.15) is 0 Å². The van der Waals surface area contributed by atoms with E-state index >= 15 is 0 Å². The first kappa shape index (κ1) is 21.8. The number of para-hydroxylation sites is 1. The van der Waals surface area contributed by atoms with Gasteiger partial charge in [-0.05, 0) is 42.7 Å². The molecular formula is C26H26N4OS. The number of hydrogen-bond donors (Lipinski definition) is 1. The number of rotatable bonds is 7. The molecule has 0 fully saturated rings. The molecule has 6 heteroatoms. The minimum absolute atomic E-state index is 0.0770. The Hall–Kier alpha value is -3.38. The van der Waals surface area contributed by atoms with Crippen LogP contribution in [-0.2, 0) is 4.79 Å². The molecule has 0 radical (unpaired) electrons. The maximum absolute atomic E-state index is 12.6. The molecule has 0 spiro atoms. The van der Waals surface area contributed by atoms with Crippen molar-refractivity contribution in [1.29, 1.82) is 0 Å². The second kappa shape index (κ2) is 9.83. The maximum atomic E-state index is 12.6. The number of hydrogen-bond acceptors (Lipinski definition) is 4. The lowest BCUT2D eigenvalue weighted by Gasteiger charge is -2.11. The van der Waals surface area contributed by atoms with Crippen molar-refractivity contribution in [3.05, 3.63) is 90.0 Å². The number of carbonyl (C=O) groups excluding carboxylic acids is 1. The smallest absolute Gasteiger partial charge is 0.234 e. The van der Waals surface area contributed by atoms with Crippen LogP contribution >= 0.6 is 11.8 Å². The van der Waals surface area contributed by atoms with E-state index in [9.17, 15) is 4.79 Å². The number of benzene rings is 3. The molecule has 0 aliphatic rings. The van der Waals surface area contributed by atoms with Gasteiger partial charge in [0.05, 0.1) is 5.75 Å². The summed E-state index contributed by atoms with van der Waals surface area (Å²) in [6.07, 6.45) is 0. The molecule has 0 unspecified atom stereocenters. The highest BCUT2D eigenvalue weighted by Gasteiger charge is 2.17. The normalized spacial score (nSPS) is 11.0. The molecule has 1 N–H and O–H groups in total. The molecule has 32 heavy (non-hydrogen) atoms. The molecule has 1 aromatic heterocycles. The van der Waals surface area contributed by atoms with Crippen LogP contribution in [-0.4, -0.2) is 26.4 Å². The Labute approximate surface area is 192 Å². The average Bonchev–Trinajstić information content (AvgIpc) is 3.23. The molecule has 0 saturated heterocycles. The predicted molar refractivity (Wildman–Crippen MR) is 131 cm³/mol. The van der Waals surface area contributed by atoms with Crippen LogP contribution in [0.5, 0.6) is 0 Å². The van der Waals surface area contributed by atoms with E-state index in [4.69, 9.17) is 0 Å². The van der Waals surface area contributed by atoms with Crippen molar-refractivity contribution in [3.8, 4) is 17.1 Å². The Bertz CT molecular complexity index is 1180. The van der Waals surface area contributed by atoms with Gasteiger partial charge in [0.2, 0.25) is 5.91 Å². The van der Waals surface area contributed by atoms with Gasteiger partial charge in [0.1, 0.15) is 0 Å². The van der Waals surface area contributed by atoms with E-state index in [1.807, 2.05) is 71.3 Å². The molecular weight excluding hydrogens is 416 g/mol. The molecule has 0 saturated carbocycles. The molecule has 0 atom stereocenters. The predicted octanol–water partition coefficient (Wildman–Crippen LogP) is 6.10. The number of nitrogens with one attached hydrogen (secondary N) is 1. The largest absolute Gasteiger partial charge is 0.325 e. The minimum atomic E-state index is -0.0770. The van der Waals surface area contributed by atoms with E-state index < -0.39 is 0 Å². The van der Waals surface area contributed by atoms with Crippen LogP contribution < -0.4 is 5.32 Å². The summed E-state index contributed by atoms with van der Waals surface area (Å²) in [5.74, 6) is 1.38. The van der Waals surface area contributed by atoms with Crippen molar-refractivity contribution in [2.75, 3.05) is 11.1 Å². The van der Waals surface area contributed by atoms with Gasteiger partial charge in [-0.3, -0.25) is 9.36 Å². The summed E-state index contributed by atoms with van der Waals surface area (Å²) in [4.78, 5) is 12.6. The van der Waals surface area contributed by atoms with E-state index in [2.05, 4.69) is 48.4 Å². The van der Waals surface area contributed by atoms with E-state index in [1.54, 1.807) is 0 Å². The van der Waals surface area contributed by atoms with Crippen LogP contribution in [0.1, 0.15) is 30.9 Å². The number of thioether (sulfide) groups is 1. The van der Waals surface area contributed by atoms with Crippen LogP contribution in [0, 0.1) is 6.92 Å². The number of anilines is 1. The van der Waals surface area contributed by atoms with Crippen molar-refractivity contribution >= 4 is 23.4 Å².